The lowest BCUT2D eigenvalue weighted by molar-refractivity contribution is 0.0904. The number of hydrogen-bond acceptors (Lipinski definition) is 7. The fourth-order valence-corrected chi connectivity index (χ4v) is 7.22. The summed E-state index contributed by atoms with van der Waals surface area (Å²) in [5, 5.41) is 9.82. The van der Waals surface area contributed by atoms with Crippen molar-refractivity contribution in [1.29, 1.82) is 0 Å². The lowest BCUT2D eigenvalue weighted by Gasteiger charge is -2.37. The normalized spacial score (nSPS) is 22.3. The number of likely N-dealkylation sites (N-methyl/N-ethyl adjacent to an activating group) is 1. The minimum absolute atomic E-state index is 0.0195. The highest BCUT2D eigenvalue weighted by Gasteiger charge is 2.39. The Kier molecular flexibility index (Phi) is 8.40. The molecule has 1 aliphatic carbocycles. The first kappa shape index (κ1) is 28.4. The molecule has 1 aliphatic heterocycles. The van der Waals surface area contributed by atoms with Gasteiger partial charge in [0.15, 0.2) is 0 Å². The van der Waals surface area contributed by atoms with Crippen molar-refractivity contribution in [2.75, 3.05) is 33.9 Å². The molecule has 2 aromatic carbocycles. The van der Waals surface area contributed by atoms with E-state index >= 15 is 0 Å². The van der Waals surface area contributed by atoms with Crippen LogP contribution >= 0.6 is 0 Å². The van der Waals surface area contributed by atoms with Gasteiger partial charge in [-0.1, -0.05) is 18.8 Å². The van der Waals surface area contributed by atoms with Crippen molar-refractivity contribution in [3.63, 3.8) is 0 Å². The second-order valence-corrected chi connectivity index (χ2v) is 13.8. The first-order valence-electron chi connectivity index (χ1n) is 12.5. The predicted molar refractivity (Wildman–Crippen MR) is 143 cm³/mol. The summed E-state index contributed by atoms with van der Waals surface area (Å²) < 4.78 is 67.8. The third-order valence-electron chi connectivity index (χ3n) is 6.87. The number of sulfonamides is 2. The summed E-state index contributed by atoms with van der Waals surface area (Å²) >= 11 is 0. The van der Waals surface area contributed by atoms with Gasteiger partial charge in [0.2, 0.25) is 20.0 Å². The van der Waals surface area contributed by atoms with E-state index in [1.165, 1.54) is 41.0 Å². The second kappa shape index (κ2) is 11.2. The molecule has 1 saturated carbocycles. The molecule has 0 bridgehead atoms. The van der Waals surface area contributed by atoms with Gasteiger partial charge in [0, 0.05) is 37.0 Å². The number of hydrogen-bond donors (Lipinski definition) is 1. The van der Waals surface area contributed by atoms with Gasteiger partial charge in [0.25, 0.3) is 0 Å². The van der Waals surface area contributed by atoms with E-state index in [-0.39, 0.29) is 35.2 Å². The molecule has 0 radical (unpaired) electrons. The Labute approximate surface area is 225 Å². The summed E-state index contributed by atoms with van der Waals surface area (Å²) in [5.41, 5.74) is 0.624. The quantitative estimate of drug-likeness (QED) is 0.516. The van der Waals surface area contributed by atoms with Gasteiger partial charge in [-0.3, -0.25) is 0 Å². The fraction of sp³-hybridized carbons (Fsp3) is 0.481. The Balaban J connectivity index is 1.70. The van der Waals surface area contributed by atoms with Gasteiger partial charge >= 0.3 is 0 Å². The first-order chi connectivity index (χ1) is 18.0. The van der Waals surface area contributed by atoms with E-state index in [0.29, 0.717) is 17.2 Å². The summed E-state index contributed by atoms with van der Waals surface area (Å²) in [6.07, 6.45) is 1.44. The van der Waals surface area contributed by atoms with Crippen LogP contribution < -0.4 is 9.47 Å². The molecule has 0 amide bonds. The lowest BCUT2D eigenvalue weighted by atomic mass is 10.0. The SMILES string of the molecule is COc1ccc(S(=O)(=O)N(C)C[C@H]2Oc3cc(C#CC4CC4)ccc3S(=O)(=O)N([C@H](C)CO)C[C@H]2C)cc1. The van der Waals surface area contributed by atoms with Crippen LogP contribution in [0, 0.1) is 23.7 Å². The minimum atomic E-state index is -4.00. The van der Waals surface area contributed by atoms with Crippen molar-refractivity contribution in [2.24, 2.45) is 11.8 Å². The Morgan fingerprint density at radius 1 is 1.21 bits per heavy atom. The number of ether oxygens (including phenoxy) is 2. The van der Waals surface area contributed by atoms with Crippen molar-refractivity contribution in [2.45, 2.75) is 48.6 Å². The van der Waals surface area contributed by atoms with Crippen LogP contribution in [0.3, 0.4) is 0 Å². The molecule has 206 valence electrons. The Morgan fingerprint density at radius 3 is 2.50 bits per heavy atom. The van der Waals surface area contributed by atoms with Crippen molar-refractivity contribution in [3.8, 4) is 23.3 Å². The molecule has 1 fully saturated rings. The highest BCUT2D eigenvalue weighted by Crippen LogP contribution is 2.35. The van der Waals surface area contributed by atoms with E-state index in [2.05, 4.69) is 11.8 Å². The molecular weight excluding hydrogens is 528 g/mol. The van der Waals surface area contributed by atoms with E-state index in [0.717, 1.165) is 12.8 Å². The number of rotatable bonds is 7. The zero-order valence-electron chi connectivity index (χ0n) is 22.0. The third kappa shape index (κ3) is 6.00. The van der Waals surface area contributed by atoms with Crippen LogP contribution in [0.1, 0.15) is 32.3 Å². The van der Waals surface area contributed by atoms with Crippen molar-refractivity contribution in [3.05, 3.63) is 48.0 Å². The van der Waals surface area contributed by atoms with Crippen LogP contribution in [-0.4, -0.2) is 76.6 Å². The average molecular weight is 563 g/mol. The zero-order valence-corrected chi connectivity index (χ0v) is 23.6. The first-order valence-corrected chi connectivity index (χ1v) is 15.4. The Hall–Kier alpha value is -2.62. The second-order valence-electron chi connectivity index (χ2n) is 9.91. The maximum absolute atomic E-state index is 13.6. The molecule has 2 aromatic rings. The summed E-state index contributed by atoms with van der Waals surface area (Å²) in [6.45, 7) is 3.12. The summed E-state index contributed by atoms with van der Waals surface area (Å²) in [4.78, 5) is 0.0720. The average Bonchev–Trinajstić information content (AvgIpc) is 3.73. The van der Waals surface area contributed by atoms with Crippen LogP contribution in [0.4, 0.5) is 0 Å². The summed E-state index contributed by atoms with van der Waals surface area (Å²) in [7, 11) is -4.88. The highest BCUT2D eigenvalue weighted by atomic mass is 32.2. The molecule has 0 unspecified atom stereocenters. The third-order valence-corrected chi connectivity index (χ3v) is 10.7. The van der Waals surface area contributed by atoms with Gasteiger partial charge in [0.05, 0.1) is 25.2 Å². The summed E-state index contributed by atoms with van der Waals surface area (Å²) in [6, 6.07) is 10.2. The van der Waals surface area contributed by atoms with Crippen molar-refractivity contribution in [1.82, 2.24) is 8.61 Å². The Bertz CT molecular complexity index is 1430. The largest absolute Gasteiger partial charge is 0.497 e. The van der Waals surface area contributed by atoms with Gasteiger partial charge in [0.1, 0.15) is 22.5 Å². The van der Waals surface area contributed by atoms with E-state index in [4.69, 9.17) is 9.47 Å². The van der Waals surface area contributed by atoms with Gasteiger partial charge in [-0.25, -0.2) is 16.8 Å². The van der Waals surface area contributed by atoms with Crippen LogP contribution in [0.2, 0.25) is 0 Å². The molecule has 1 heterocycles. The maximum atomic E-state index is 13.6. The molecule has 4 rings (SSSR count). The van der Waals surface area contributed by atoms with Crippen molar-refractivity contribution >= 4 is 20.0 Å². The van der Waals surface area contributed by atoms with Crippen molar-refractivity contribution < 1.29 is 31.4 Å². The van der Waals surface area contributed by atoms with E-state index in [1.807, 2.05) is 6.92 Å². The van der Waals surface area contributed by atoms with Crippen LogP contribution in [-0.2, 0) is 20.0 Å². The standard InChI is InChI=1S/C27H34N2O7S2/c1-19-16-29(20(2)18-30)38(33,34)27-14-9-22(8-7-21-5-6-21)15-25(27)36-26(19)17-28(3)37(31,32)24-12-10-23(35-4)11-13-24/h9-15,19-21,26,30H,5-6,16-18H2,1-4H3/t19-,20-,26-/m1/s1. The van der Waals surface area contributed by atoms with E-state index < -0.39 is 38.1 Å². The molecular formula is C27H34N2O7S2. The van der Waals surface area contributed by atoms with E-state index in [9.17, 15) is 21.9 Å². The molecule has 2 aliphatic rings. The molecule has 11 heteroatoms. The Morgan fingerprint density at radius 2 is 1.89 bits per heavy atom. The molecule has 9 nitrogen and oxygen atoms in total. The van der Waals surface area contributed by atoms with Crippen LogP contribution in [0.15, 0.2) is 52.3 Å². The fourth-order valence-electron chi connectivity index (χ4n) is 4.21. The summed E-state index contributed by atoms with van der Waals surface area (Å²) in [5.74, 6) is 6.89. The molecule has 1 N–H and O–H groups in total. The number of aliphatic hydroxyl groups is 1. The van der Waals surface area contributed by atoms with Gasteiger partial charge in [-0.2, -0.15) is 8.61 Å². The van der Waals surface area contributed by atoms with Crippen LogP contribution in [0.5, 0.6) is 11.5 Å². The number of nitrogens with zero attached hydrogens (tertiary/aromatic N) is 2. The van der Waals surface area contributed by atoms with Gasteiger partial charge < -0.3 is 14.6 Å². The number of aliphatic hydroxyl groups excluding tert-OH is 1. The van der Waals surface area contributed by atoms with Gasteiger partial charge in [-0.15, -0.1) is 0 Å². The molecule has 38 heavy (non-hydrogen) atoms. The molecule has 0 aromatic heterocycles. The monoisotopic (exact) mass is 562 g/mol. The smallest absolute Gasteiger partial charge is 0.247 e. The van der Waals surface area contributed by atoms with Crippen LogP contribution in [0.25, 0.3) is 0 Å². The minimum Gasteiger partial charge on any atom is -0.497 e. The molecule has 0 spiro atoms. The molecule has 0 saturated heterocycles. The predicted octanol–water partition coefficient (Wildman–Crippen LogP) is 2.55. The lowest BCUT2D eigenvalue weighted by Crippen LogP contribution is -2.50. The van der Waals surface area contributed by atoms with E-state index in [1.54, 1.807) is 31.2 Å². The number of benzene rings is 2. The molecule has 3 atom stereocenters. The maximum Gasteiger partial charge on any atom is 0.247 e. The number of fused-ring (bicyclic) bond motifs is 1. The topological polar surface area (TPSA) is 113 Å². The zero-order chi connectivity index (χ0) is 27.7. The number of methoxy groups -OCH3 is 1. The highest BCUT2D eigenvalue weighted by molar-refractivity contribution is 7.89. The van der Waals surface area contributed by atoms with Gasteiger partial charge in [-0.05, 0) is 62.2 Å².